The molecule has 0 saturated carbocycles. The molecule has 0 saturated heterocycles. The van der Waals surface area contributed by atoms with Gasteiger partial charge in [0.05, 0.1) is 0 Å². The second-order valence-corrected chi connectivity index (χ2v) is 1.95. The van der Waals surface area contributed by atoms with Gasteiger partial charge in [0.1, 0.15) is 0 Å². The van der Waals surface area contributed by atoms with Crippen LogP contribution in [0.3, 0.4) is 0 Å². The van der Waals surface area contributed by atoms with Crippen LogP contribution in [0.25, 0.3) is 0 Å². The van der Waals surface area contributed by atoms with Gasteiger partial charge in [0, 0.05) is 6.42 Å². The van der Waals surface area contributed by atoms with E-state index in [9.17, 15) is 0 Å². The van der Waals surface area contributed by atoms with Crippen LogP contribution in [0, 0.1) is 59.7 Å². The first kappa shape index (κ1) is 10.8. The van der Waals surface area contributed by atoms with Crippen LogP contribution in [0.15, 0.2) is 0 Å². The summed E-state index contributed by atoms with van der Waals surface area (Å²) in [6.07, 6.45) is 6.80. The van der Waals surface area contributed by atoms with Gasteiger partial charge in [-0.15, -0.1) is 6.42 Å². The Morgan fingerprint density at radius 1 is 0.846 bits per heavy atom. The van der Waals surface area contributed by atoms with Gasteiger partial charge in [-0.25, -0.2) is 0 Å². The molecule has 0 fully saturated rings. The van der Waals surface area contributed by atoms with Crippen molar-refractivity contribution in [3.63, 3.8) is 0 Å². The molecule has 0 nitrogen and oxygen atoms in total. The number of terminal acetylenes is 1. The van der Waals surface area contributed by atoms with Crippen molar-refractivity contribution in [3.05, 3.63) is 0 Å². The van der Waals surface area contributed by atoms with Gasteiger partial charge in [-0.3, -0.25) is 0 Å². The molecule has 0 aliphatic carbocycles. The van der Waals surface area contributed by atoms with Crippen LogP contribution in [-0.4, -0.2) is 0 Å². The Labute approximate surface area is 80.1 Å². The maximum Gasteiger partial charge on any atom is 0.00963 e. The molecule has 0 heterocycles. The molecule has 0 amide bonds. The highest BCUT2D eigenvalue weighted by molar-refractivity contribution is 5.41. The van der Waals surface area contributed by atoms with Gasteiger partial charge in [0.15, 0.2) is 0 Å². The summed E-state index contributed by atoms with van der Waals surface area (Å²) in [5, 5.41) is 0. The molecular weight excluding hydrogens is 156 g/mol. The minimum atomic E-state index is 0.874. The second kappa shape index (κ2) is 9.80. The fraction of sp³-hybridized carbons (Fsp3) is 0.231. The average Bonchev–Trinajstić information content (AvgIpc) is 2.16. The standard InChI is InChI=1S/C13H8/c1-3-5-7-9-11-13-12-10-8-6-4-2/h1H,4,6H2,2H3. The fourth-order valence-corrected chi connectivity index (χ4v) is 0.424. The van der Waals surface area contributed by atoms with Crippen molar-refractivity contribution < 1.29 is 0 Å². The van der Waals surface area contributed by atoms with Crippen LogP contribution in [0.5, 0.6) is 0 Å². The molecule has 0 aromatic heterocycles. The minimum absolute atomic E-state index is 0.874. The zero-order chi connectivity index (χ0) is 9.78. The molecule has 0 aromatic carbocycles. The number of hydrogen-bond donors (Lipinski definition) is 0. The third-order valence-electron chi connectivity index (χ3n) is 0.911. The van der Waals surface area contributed by atoms with E-state index >= 15 is 0 Å². The highest BCUT2D eigenvalue weighted by Gasteiger charge is 1.65. The van der Waals surface area contributed by atoms with E-state index in [0.717, 1.165) is 12.8 Å². The molecule has 0 aliphatic rings. The van der Waals surface area contributed by atoms with Gasteiger partial charge >= 0.3 is 0 Å². The summed E-state index contributed by atoms with van der Waals surface area (Å²) in [6.45, 7) is 2.07. The van der Waals surface area contributed by atoms with Crippen LogP contribution in [-0.2, 0) is 0 Å². The molecule has 13 heavy (non-hydrogen) atoms. The zero-order valence-corrected chi connectivity index (χ0v) is 7.49. The number of hydrogen-bond acceptors (Lipinski definition) is 0. The van der Waals surface area contributed by atoms with Gasteiger partial charge < -0.3 is 0 Å². The lowest BCUT2D eigenvalue weighted by molar-refractivity contribution is 0.983. The van der Waals surface area contributed by atoms with Crippen molar-refractivity contribution in [2.24, 2.45) is 0 Å². The van der Waals surface area contributed by atoms with E-state index in [-0.39, 0.29) is 0 Å². The number of unbranched alkanes of at least 4 members (excludes halogenated alkanes) is 1. The smallest absolute Gasteiger partial charge is 0.00963 e. The Morgan fingerprint density at radius 2 is 1.38 bits per heavy atom. The van der Waals surface area contributed by atoms with Crippen molar-refractivity contribution in [1.82, 2.24) is 0 Å². The van der Waals surface area contributed by atoms with Gasteiger partial charge in [-0.05, 0) is 53.8 Å². The van der Waals surface area contributed by atoms with E-state index < -0.39 is 0 Å². The molecule has 0 N–H and O–H groups in total. The summed E-state index contributed by atoms with van der Waals surface area (Å²) in [5.74, 6) is 22.6. The Bertz CT molecular complexity index is 414. The summed E-state index contributed by atoms with van der Waals surface area (Å²) in [4.78, 5) is 0. The summed E-state index contributed by atoms with van der Waals surface area (Å²) < 4.78 is 0. The second-order valence-electron chi connectivity index (χ2n) is 1.95. The molecule has 0 aromatic rings. The molecule has 0 atom stereocenters. The van der Waals surface area contributed by atoms with Gasteiger partial charge in [0.25, 0.3) is 0 Å². The van der Waals surface area contributed by atoms with Crippen LogP contribution in [0.2, 0.25) is 0 Å². The normalized spacial score (nSPS) is 4.92. The van der Waals surface area contributed by atoms with E-state index in [2.05, 4.69) is 60.2 Å². The van der Waals surface area contributed by atoms with E-state index in [4.69, 9.17) is 6.42 Å². The van der Waals surface area contributed by atoms with Gasteiger partial charge in [-0.1, -0.05) is 12.8 Å². The minimum Gasteiger partial charge on any atom is -0.106 e. The van der Waals surface area contributed by atoms with Crippen molar-refractivity contribution in [1.29, 1.82) is 0 Å². The highest BCUT2D eigenvalue weighted by Crippen LogP contribution is 1.79. The maximum absolute atomic E-state index is 4.87. The fourth-order valence-electron chi connectivity index (χ4n) is 0.424. The Hall–Kier alpha value is -2.20. The van der Waals surface area contributed by atoms with Crippen LogP contribution in [0.1, 0.15) is 19.8 Å². The van der Waals surface area contributed by atoms with Crippen molar-refractivity contribution in [3.8, 4) is 59.7 Å². The van der Waals surface area contributed by atoms with E-state index in [1.54, 1.807) is 0 Å². The largest absolute Gasteiger partial charge is 0.106 e. The van der Waals surface area contributed by atoms with E-state index in [1.807, 2.05) is 0 Å². The van der Waals surface area contributed by atoms with Crippen molar-refractivity contribution >= 4 is 0 Å². The monoisotopic (exact) mass is 164 g/mol. The molecular formula is C13H8. The third-order valence-corrected chi connectivity index (χ3v) is 0.911. The SMILES string of the molecule is C#CC#CC#CC#CC#CCCC. The first-order valence-electron chi connectivity index (χ1n) is 3.85. The average molecular weight is 164 g/mol. The lowest BCUT2D eigenvalue weighted by Crippen LogP contribution is -1.59. The van der Waals surface area contributed by atoms with Crippen LogP contribution >= 0.6 is 0 Å². The Morgan fingerprint density at radius 3 is 1.92 bits per heavy atom. The molecule has 0 bridgehead atoms. The Kier molecular flexibility index (Phi) is 8.14. The lowest BCUT2D eigenvalue weighted by Gasteiger charge is -1.71. The molecule has 0 spiro atoms. The predicted molar refractivity (Wildman–Crippen MR) is 54.8 cm³/mol. The van der Waals surface area contributed by atoms with Gasteiger partial charge in [-0.2, -0.15) is 0 Å². The quantitative estimate of drug-likeness (QED) is 0.514. The molecule has 0 unspecified atom stereocenters. The van der Waals surface area contributed by atoms with E-state index in [0.29, 0.717) is 0 Å². The number of rotatable bonds is 1. The summed E-state index contributed by atoms with van der Waals surface area (Å²) in [7, 11) is 0. The van der Waals surface area contributed by atoms with Crippen molar-refractivity contribution in [2.75, 3.05) is 0 Å². The van der Waals surface area contributed by atoms with E-state index in [1.165, 1.54) is 0 Å². The maximum atomic E-state index is 4.87. The third kappa shape index (κ3) is 9.80. The Balaban J connectivity index is 3.94. The summed E-state index contributed by atoms with van der Waals surface area (Å²) in [5.41, 5.74) is 0. The molecule has 60 valence electrons. The molecule has 0 aliphatic heterocycles. The topological polar surface area (TPSA) is 0 Å². The summed E-state index contributed by atoms with van der Waals surface area (Å²) in [6, 6.07) is 0. The van der Waals surface area contributed by atoms with Crippen LogP contribution < -0.4 is 0 Å². The predicted octanol–water partition coefficient (Wildman–Crippen LogP) is 1.43. The first-order valence-corrected chi connectivity index (χ1v) is 3.85. The molecule has 0 radical (unpaired) electrons. The molecule has 0 heteroatoms. The lowest BCUT2D eigenvalue weighted by atomic mass is 10.3. The van der Waals surface area contributed by atoms with Crippen LogP contribution in [0.4, 0.5) is 0 Å². The van der Waals surface area contributed by atoms with Crippen molar-refractivity contribution in [2.45, 2.75) is 19.8 Å². The zero-order valence-electron chi connectivity index (χ0n) is 7.49. The first-order chi connectivity index (χ1) is 6.41. The molecule has 0 rings (SSSR count). The van der Waals surface area contributed by atoms with Gasteiger partial charge in [0.2, 0.25) is 0 Å². The summed E-state index contributed by atoms with van der Waals surface area (Å²) >= 11 is 0. The highest BCUT2D eigenvalue weighted by atomic mass is 13.7.